The van der Waals surface area contributed by atoms with Gasteiger partial charge < -0.3 is 9.47 Å². The Balaban J connectivity index is 1.73. The zero-order valence-electron chi connectivity index (χ0n) is 13.3. The first kappa shape index (κ1) is 16.2. The highest BCUT2D eigenvalue weighted by atomic mass is 32.1. The predicted octanol–water partition coefficient (Wildman–Crippen LogP) is 4.46. The lowest BCUT2D eigenvalue weighted by Crippen LogP contribution is -2.12. The first-order chi connectivity index (χ1) is 11.6. The van der Waals surface area contributed by atoms with Gasteiger partial charge in [0.25, 0.3) is 0 Å². The first-order valence-corrected chi connectivity index (χ1v) is 8.37. The molecule has 0 atom stereocenters. The van der Waals surface area contributed by atoms with Gasteiger partial charge in [0, 0.05) is 5.57 Å². The average Bonchev–Trinajstić information content (AvgIpc) is 3.02. The van der Waals surface area contributed by atoms with Crippen LogP contribution in [0.1, 0.15) is 6.92 Å². The molecule has 0 aliphatic carbocycles. The van der Waals surface area contributed by atoms with Gasteiger partial charge in [-0.2, -0.15) is 0 Å². The van der Waals surface area contributed by atoms with Gasteiger partial charge in [0.15, 0.2) is 0 Å². The topological polar surface area (TPSA) is 48.4 Å². The van der Waals surface area contributed by atoms with Gasteiger partial charge in [0.05, 0.1) is 15.8 Å². The molecule has 0 radical (unpaired) electrons. The number of carbonyl (C=O) groups is 1. The van der Waals surface area contributed by atoms with Crippen molar-refractivity contribution in [1.29, 1.82) is 0 Å². The Kier molecular flexibility index (Phi) is 4.91. The van der Waals surface area contributed by atoms with Crippen LogP contribution in [0.2, 0.25) is 0 Å². The third-order valence-electron chi connectivity index (χ3n) is 3.33. The Morgan fingerprint density at radius 3 is 2.67 bits per heavy atom. The van der Waals surface area contributed by atoms with Crippen LogP contribution in [0.15, 0.2) is 60.7 Å². The van der Waals surface area contributed by atoms with E-state index in [1.165, 1.54) is 0 Å². The number of para-hydroxylation sites is 2. The third kappa shape index (κ3) is 3.63. The lowest BCUT2D eigenvalue weighted by molar-refractivity contribution is -0.139. The quantitative estimate of drug-likeness (QED) is 0.378. The molecule has 24 heavy (non-hydrogen) atoms. The number of hydrogen-bond acceptors (Lipinski definition) is 5. The number of esters is 1. The van der Waals surface area contributed by atoms with Crippen molar-refractivity contribution in [3.63, 3.8) is 0 Å². The van der Waals surface area contributed by atoms with Crippen LogP contribution in [-0.2, 0) is 9.53 Å². The molecule has 1 aromatic heterocycles. The van der Waals surface area contributed by atoms with E-state index in [0.29, 0.717) is 5.57 Å². The summed E-state index contributed by atoms with van der Waals surface area (Å²) < 4.78 is 12.0. The molecule has 0 saturated carbocycles. The smallest absolute Gasteiger partial charge is 0.333 e. The maximum Gasteiger partial charge on any atom is 0.333 e. The molecule has 1 heterocycles. The molecule has 4 nitrogen and oxygen atoms in total. The highest BCUT2D eigenvalue weighted by Crippen LogP contribution is 2.35. The fraction of sp³-hybridized carbons (Fsp3) is 0.158. The standard InChI is InChI=1S/C19H17NO3S/c1-13(2)19(21)23-12-11-22-16-9-5-3-7-14(16)18-20-15-8-4-6-10-17(15)24-18/h3-10H,1,11-12H2,2H3. The summed E-state index contributed by atoms with van der Waals surface area (Å²) in [4.78, 5) is 16.0. The summed E-state index contributed by atoms with van der Waals surface area (Å²) in [6.07, 6.45) is 0. The molecule has 0 amide bonds. The van der Waals surface area contributed by atoms with Crippen molar-refractivity contribution >= 4 is 27.5 Å². The van der Waals surface area contributed by atoms with Gasteiger partial charge in [-0.15, -0.1) is 11.3 Å². The van der Waals surface area contributed by atoms with Crippen molar-refractivity contribution in [2.24, 2.45) is 0 Å². The minimum absolute atomic E-state index is 0.180. The average molecular weight is 339 g/mol. The molecule has 3 rings (SSSR count). The number of carbonyl (C=O) groups excluding carboxylic acids is 1. The van der Waals surface area contributed by atoms with E-state index in [0.717, 1.165) is 26.5 Å². The molecule has 0 spiro atoms. The lowest BCUT2D eigenvalue weighted by Gasteiger charge is -2.10. The summed E-state index contributed by atoms with van der Waals surface area (Å²) in [6.45, 7) is 5.62. The van der Waals surface area contributed by atoms with Gasteiger partial charge in [0.1, 0.15) is 24.0 Å². The molecule has 5 heteroatoms. The van der Waals surface area contributed by atoms with E-state index in [2.05, 4.69) is 17.6 Å². The summed E-state index contributed by atoms with van der Waals surface area (Å²) in [5, 5.41) is 0.908. The summed E-state index contributed by atoms with van der Waals surface area (Å²) >= 11 is 1.62. The Bertz CT molecular complexity index is 852. The van der Waals surface area contributed by atoms with E-state index in [1.54, 1.807) is 18.3 Å². The van der Waals surface area contributed by atoms with Crippen molar-refractivity contribution < 1.29 is 14.3 Å². The normalized spacial score (nSPS) is 10.5. The van der Waals surface area contributed by atoms with Crippen LogP contribution in [0.3, 0.4) is 0 Å². The van der Waals surface area contributed by atoms with Gasteiger partial charge in [-0.1, -0.05) is 30.8 Å². The molecular formula is C19H17NO3S. The fourth-order valence-corrected chi connectivity index (χ4v) is 3.16. The van der Waals surface area contributed by atoms with E-state index >= 15 is 0 Å². The minimum Gasteiger partial charge on any atom is -0.489 e. The lowest BCUT2D eigenvalue weighted by atomic mass is 10.2. The van der Waals surface area contributed by atoms with E-state index in [1.807, 2.05) is 42.5 Å². The van der Waals surface area contributed by atoms with Crippen molar-refractivity contribution in [1.82, 2.24) is 4.98 Å². The van der Waals surface area contributed by atoms with Gasteiger partial charge >= 0.3 is 5.97 Å². The second kappa shape index (κ2) is 7.27. The fourth-order valence-electron chi connectivity index (χ4n) is 2.17. The van der Waals surface area contributed by atoms with Crippen LogP contribution in [0, 0.1) is 0 Å². The van der Waals surface area contributed by atoms with E-state index in [-0.39, 0.29) is 13.2 Å². The molecule has 0 unspecified atom stereocenters. The Hall–Kier alpha value is -2.66. The zero-order chi connectivity index (χ0) is 16.9. The predicted molar refractivity (Wildman–Crippen MR) is 96.3 cm³/mol. The van der Waals surface area contributed by atoms with Crippen molar-refractivity contribution in [3.8, 4) is 16.3 Å². The van der Waals surface area contributed by atoms with E-state index in [4.69, 9.17) is 9.47 Å². The number of hydrogen-bond donors (Lipinski definition) is 0. The maximum atomic E-state index is 11.4. The van der Waals surface area contributed by atoms with Crippen LogP contribution >= 0.6 is 11.3 Å². The summed E-state index contributed by atoms with van der Waals surface area (Å²) in [6, 6.07) is 15.8. The first-order valence-electron chi connectivity index (χ1n) is 7.55. The Morgan fingerprint density at radius 1 is 1.12 bits per heavy atom. The van der Waals surface area contributed by atoms with Gasteiger partial charge in [0.2, 0.25) is 0 Å². The number of rotatable bonds is 6. The highest BCUT2D eigenvalue weighted by molar-refractivity contribution is 7.21. The van der Waals surface area contributed by atoms with Gasteiger partial charge in [-0.3, -0.25) is 0 Å². The molecule has 2 aromatic carbocycles. The van der Waals surface area contributed by atoms with Crippen LogP contribution in [0.25, 0.3) is 20.8 Å². The molecule has 122 valence electrons. The van der Waals surface area contributed by atoms with Crippen LogP contribution in [0.4, 0.5) is 0 Å². The van der Waals surface area contributed by atoms with E-state index < -0.39 is 5.97 Å². The SMILES string of the molecule is C=C(C)C(=O)OCCOc1ccccc1-c1nc2ccccc2s1. The number of thiazole rings is 1. The summed E-state index contributed by atoms with van der Waals surface area (Å²) in [5.74, 6) is 0.320. The Labute approximate surface area is 144 Å². The zero-order valence-corrected chi connectivity index (χ0v) is 14.1. The monoisotopic (exact) mass is 339 g/mol. The number of nitrogens with zero attached hydrogens (tertiary/aromatic N) is 1. The molecule has 0 aliphatic heterocycles. The summed E-state index contributed by atoms with van der Waals surface area (Å²) in [7, 11) is 0. The van der Waals surface area contributed by atoms with Crippen LogP contribution in [0.5, 0.6) is 5.75 Å². The Morgan fingerprint density at radius 2 is 1.88 bits per heavy atom. The van der Waals surface area contributed by atoms with Crippen LogP contribution < -0.4 is 4.74 Å². The molecule has 0 fully saturated rings. The largest absolute Gasteiger partial charge is 0.489 e. The van der Waals surface area contributed by atoms with Gasteiger partial charge in [-0.05, 0) is 31.2 Å². The van der Waals surface area contributed by atoms with Crippen molar-refractivity contribution in [2.75, 3.05) is 13.2 Å². The maximum absolute atomic E-state index is 11.4. The second-order valence-corrected chi connectivity index (χ2v) is 6.28. The number of aromatic nitrogens is 1. The third-order valence-corrected chi connectivity index (χ3v) is 4.40. The highest BCUT2D eigenvalue weighted by Gasteiger charge is 2.11. The number of fused-ring (bicyclic) bond motifs is 1. The van der Waals surface area contributed by atoms with Crippen molar-refractivity contribution in [3.05, 3.63) is 60.7 Å². The van der Waals surface area contributed by atoms with Crippen LogP contribution in [-0.4, -0.2) is 24.2 Å². The minimum atomic E-state index is -0.405. The van der Waals surface area contributed by atoms with E-state index in [9.17, 15) is 4.79 Å². The molecule has 0 aliphatic rings. The second-order valence-electron chi connectivity index (χ2n) is 5.25. The summed E-state index contributed by atoms with van der Waals surface area (Å²) in [5.41, 5.74) is 2.29. The molecular weight excluding hydrogens is 322 g/mol. The molecule has 0 N–H and O–H groups in total. The van der Waals surface area contributed by atoms with Gasteiger partial charge in [-0.25, -0.2) is 9.78 Å². The number of benzene rings is 2. The van der Waals surface area contributed by atoms with Crippen molar-refractivity contribution in [2.45, 2.75) is 6.92 Å². The molecule has 0 saturated heterocycles. The molecule has 3 aromatic rings. The number of ether oxygens (including phenoxy) is 2. The molecule has 0 bridgehead atoms.